The van der Waals surface area contributed by atoms with E-state index in [1.54, 1.807) is 0 Å². The van der Waals surface area contributed by atoms with Crippen LogP contribution in [0.4, 0.5) is 5.69 Å². The lowest BCUT2D eigenvalue weighted by molar-refractivity contribution is 0.514. The zero-order valence-corrected chi connectivity index (χ0v) is 10.5. The van der Waals surface area contributed by atoms with Crippen LogP contribution >= 0.6 is 0 Å². The van der Waals surface area contributed by atoms with Crippen LogP contribution in [0.3, 0.4) is 0 Å². The summed E-state index contributed by atoms with van der Waals surface area (Å²) in [4.78, 5) is 0. The highest BCUT2D eigenvalue weighted by Gasteiger charge is 2.23. The number of nitriles is 1. The van der Waals surface area contributed by atoms with E-state index in [2.05, 4.69) is 17.3 Å². The van der Waals surface area contributed by atoms with Gasteiger partial charge in [0, 0.05) is 17.3 Å². The number of benzene rings is 1. The third-order valence-electron chi connectivity index (χ3n) is 3.56. The highest BCUT2D eigenvalue weighted by molar-refractivity contribution is 5.50. The normalized spacial score (nSPS) is 23.4. The van der Waals surface area contributed by atoms with Gasteiger partial charge in [0.15, 0.2) is 0 Å². The quantitative estimate of drug-likeness (QED) is 0.631. The number of hydrogen-bond donors (Lipinski definition) is 1. The van der Waals surface area contributed by atoms with Gasteiger partial charge in [0.1, 0.15) is 0 Å². The topological polar surface area (TPSA) is 35.8 Å². The maximum absolute atomic E-state index is 9.24. The molecule has 92 valence electrons. The lowest BCUT2D eigenvalue weighted by atomic mass is 9.96. The summed E-state index contributed by atoms with van der Waals surface area (Å²) < 4.78 is 0. The van der Waals surface area contributed by atoms with Gasteiger partial charge < -0.3 is 5.32 Å². The molecule has 1 saturated carbocycles. The number of anilines is 1. The van der Waals surface area contributed by atoms with E-state index in [-0.39, 0.29) is 12.0 Å². The molecule has 2 nitrogen and oxygen atoms in total. The molecule has 1 aromatic carbocycles. The van der Waals surface area contributed by atoms with Crippen LogP contribution in [-0.4, -0.2) is 6.04 Å². The molecular weight excluding hydrogens is 220 g/mol. The molecule has 0 heterocycles. The Morgan fingerprint density at radius 1 is 1.22 bits per heavy atom. The van der Waals surface area contributed by atoms with Crippen LogP contribution in [0.2, 0.25) is 0 Å². The molecule has 2 unspecified atom stereocenters. The predicted octanol–water partition coefficient (Wildman–Crippen LogP) is 3.55. The van der Waals surface area contributed by atoms with Crippen molar-refractivity contribution < 1.29 is 0 Å². The first-order chi connectivity index (χ1) is 8.83. The predicted molar refractivity (Wildman–Crippen MR) is 74.0 cm³/mol. The summed E-state index contributed by atoms with van der Waals surface area (Å²) in [6.45, 7) is 0. The Hall–Kier alpha value is -1.93. The van der Waals surface area contributed by atoms with Gasteiger partial charge in [-0.3, -0.25) is 0 Å². The summed E-state index contributed by atoms with van der Waals surface area (Å²) in [6.07, 6.45) is 11.1. The molecule has 2 heteroatoms. The average molecular weight is 238 g/mol. The Bertz CT molecular complexity index is 479. The number of nitrogens with one attached hydrogen (secondary N) is 1. The van der Waals surface area contributed by atoms with Gasteiger partial charge in [-0.1, -0.05) is 31.2 Å². The summed E-state index contributed by atoms with van der Waals surface area (Å²) in [5, 5.41) is 12.7. The van der Waals surface area contributed by atoms with E-state index in [9.17, 15) is 5.26 Å². The largest absolute Gasteiger partial charge is 0.381 e. The summed E-state index contributed by atoms with van der Waals surface area (Å²) in [6, 6.07) is 10.6. The molecule has 1 fully saturated rings. The molecule has 1 aromatic rings. The standard InChI is InChI=1S/C16H18N2/c1-2-13-7-6-9-15(11-13)18-16-10-5-3-4-8-14(16)12-17/h1,6-7,9,11,14,16,18H,3-5,8,10H2. The third kappa shape index (κ3) is 3.05. The van der Waals surface area contributed by atoms with Crippen molar-refractivity contribution >= 4 is 5.69 Å². The first-order valence-corrected chi connectivity index (χ1v) is 6.56. The second-order valence-electron chi connectivity index (χ2n) is 4.85. The molecule has 1 N–H and O–H groups in total. The minimum atomic E-state index is 0.113. The summed E-state index contributed by atoms with van der Waals surface area (Å²) in [5.41, 5.74) is 1.90. The number of nitrogens with zero attached hydrogens (tertiary/aromatic N) is 1. The first kappa shape index (κ1) is 12.5. The van der Waals surface area contributed by atoms with Crippen molar-refractivity contribution in [2.45, 2.75) is 38.1 Å². The Kier molecular flexibility index (Phi) is 4.26. The lowest BCUT2D eigenvalue weighted by Crippen LogP contribution is -2.27. The van der Waals surface area contributed by atoms with Gasteiger partial charge in [-0.05, 0) is 31.0 Å². The maximum Gasteiger partial charge on any atom is 0.0677 e. The van der Waals surface area contributed by atoms with Crippen LogP contribution < -0.4 is 5.32 Å². The lowest BCUT2D eigenvalue weighted by Gasteiger charge is -2.22. The van der Waals surface area contributed by atoms with Gasteiger partial charge in [-0.25, -0.2) is 0 Å². The van der Waals surface area contributed by atoms with Crippen LogP contribution in [-0.2, 0) is 0 Å². The summed E-state index contributed by atoms with van der Waals surface area (Å²) in [7, 11) is 0. The molecule has 0 bridgehead atoms. The summed E-state index contributed by atoms with van der Waals surface area (Å²) in [5.74, 6) is 2.75. The maximum atomic E-state index is 9.24. The fourth-order valence-corrected chi connectivity index (χ4v) is 2.55. The molecule has 0 spiro atoms. The highest BCUT2D eigenvalue weighted by Crippen LogP contribution is 2.26. The van der Waals surface area contributed by atoms with Crippen LogP contribution in [0.25, 0.3) is 0 Å². The Labute approximate surface area is 109 Å². The van der Waals surface area contributed by atoms with Crippen molar-refractivity contribution in [3.05, 3.63) is 29.8 Å². The van der Waals surface area contributed by atoms with Crippen molar-refractivity contribution in [1.29, 1.82) is 5.26 Å². The smallest absolute Gasteiger partial charge is 0.0677 e. The number of rotatable bonds is 2. The van der Waals surface area contributed by atoms with Crippen molar-refractivity contribution in [3.8, 4) is 18.4 Å². The minimum absolute atomic E-state index is 0.113. The fourth-order valence-electron chi connectivity index (χ4n) is 2.55. The van der Waals surface area contributed by atoms with Gasteiger partial charge in [-0.15, -0.1) is 6.42 Å². The van der Waals surface area contributed by atoms with Crippen LogP contribution in [0.5, 0.6) is 0 Å². The monoisotopic (exact) mass is 238 g/mol. The summed E-state index contributed by atoms with van der Waals surface area (Å²) >= 11 is 0. The van der Waals surface area contributed by atoms with E-state index >= 15 is 0 Å². The van der Waals surface area contributed by atoms with Crippen molar-refractivity contribution in [3.63, 3.8) is 0 Å². The van der Waals surface area contributed by atoms with Gasteiger partial charge in [0.2, 0.25) is 0 Å². The molecule has 2 rings (SSSR count). The molecule has 0 saturated heterocycles. The Balaban J connectivity index is 2.11. The Morgan fingerprint density at radius 3 is 2.83 bits per heavy atom. The van der Waals surface area contributed by atoms with E-state index in [0.717, 1.165) is 24.1 Å². The van der Waals surface area contributed by atoms with E-state index in [1.165, 1.54) is 19.3 Å². The zero-order valence-electron chi connectivity index (χ0n) is 10.5. The molecule has 0 aromatic heterocycles. The first-order valence-electron chi connectivity index (χ1n) is 6.56. The molecule has 0 radical (unpaired) electrons. The second-order valence-corrected chi connectivity index (χ2v) is 4.85. The van der Waals surface area contributed by atoms with Gasteiger partial charge in [0.25, 0.3) is 0 Å². The minimum Gasteiger partial charge on any atom is -0.381 e. The van der Waals surface area contributed by atoms with Gasteiger partial charge >= 0.3 is 0 Å². The molecule has 0 amide bonds. The molecular formula is C16H18N2. The van der Waals surface area contributed by atoms with Crippen LogP contribution in [0.1, 0.15) is 37.7 Å². The zero-order chi connectivity index (χ0) is 12.8. The molecule has 1 aliphatic carbocycles. The number of terminal acetylenes is 1. The molecule has 0 aliphatic heterocycles. The van der Waals surface area contributed by atoms with Crippen molar-refractivity contribution in [2.24, 2.45) is 5.92 Å². The second kappa shape index (κ2) is 6.12. The van der Waals surface area contributed by atoms with Crippen molar-refractivity contribution in [2.75, 3.05) is 5.32 Å². The molecule has 1 aliphatic rings. The fraction of sp³-hybridized carbons (Fsp3) is 0.438. The van der Waals surface area contributed by atoms with Crippen LogP contribution in [0, 0.1) is 29.6 Å². The van der Waals surface area contributed by atoms with Crippen LogP contribution in [0.15, 0.2) is 24.3 Å². The molecule has 18 heavy (non-hydrogen) atoms. The average Bonchev–Trinajstić information content (AvgIpc) is 2.64. The van der Waals surface area contributed by atoms with Gasteiger partial charge in [0.05, 0.1) is 12.0 Å². The highest BCUT2D eigenvalue weighted by atomic mass is 14.9. The van der Waals surface area contributed by atoms with E-state index < -0.39 is 0 Å². The van der Waals surface area contributed by atoms with Gasteiger partial charge in [-0.2, -0.15) is 5.26 Å². The van der Waals surface area contributed by atoms with E-state index in [1.807, 2.05) is 24.3 Å². The SMILES string of the molecule is C#Cc1cccc(NC2CCCCCC2C#N)c1. The number of hydrogen-bond acceptors (Lipinski definition) is 2. The van der Waals surface area contributed by atoms with Crippen molar-refractivity contribution in [1.82, 2.24) is 0 Å². The third-order valence-corrected chi connectivity index (χ3v) is 3.56. The molecule has 2 atom stereocenters. The van der Waals surface area contributed by atoms with E-state index in [4.69, 9.17) is 6.42 Å². The Morgan fingerprint density at radius 2 is 2.06 bits per heavy atom. The van der Waals surface area contributed by atoms with E-state index in [0.29, 0.717) is 0 Å².